The van der Waals surface area contributed by atoms with Crippen LogP contribution in [0.1, 0.15) is 18.7 Å². The first-order valence-corrected chi connectivity index (χ1v) is 5.73. The molecule has 0 aliphatic rings. The Balaban J connectivity index is 2.55. The van der Waals surface area contributed by atoms with Crippen molar-refractivity contribution in [2.24, 2.45) is 0 Å². The third-order valence-corrected chi connectivity index (χ3v) is 2.51. The molecule has 0 unspecified atom stereocenters. The predicted octanol–water partition coefficient (Wildman–Crippen LogP) is 1.12. The number of carbonyl (C=O) groups excluding carboxylic acids is 2. The number of ether oxygens (including phenoxy) is 1. The van der Waals surface area contributed by atoms with Crippen LogP contribution in [-0.2, 0) is 27.3 Å². The zero-order valence-corrected chi connectivity index (χ0v) is 10.4. The molecule has 1 rings (SSSR count). The van der Waals surface area contributed by atoms with Gasteiger partial charge in [0, 0.05) is 19.4 Å². The number of nitrogens with zero attached hydrogens (tertiary/aromatic N) is 3. The fourth-order valence-electron chi connectivity index (χ4n) is 1.40. The second-order valence-corrected chi connectivity index (χ2v) is 3.81. The summed E-state index contributed by atoms with van der Waals surface area (Å²) in [6.45, 7) is 0.0613. The van der Waals surface area contributed by atoms with Crippen LogP contribution in [0.2, 0.25) is 5.15 Å². The average molecular weight is 270 g/mol. The molecule has 1 heterocycles. The lowest BCUT2D eigenvalue weighted by molar-refractivity contribution is -0.142. The van der Waals surface area contributed by atoms with E-state index in [1.165, 1.54) is 6.20 Å². The molecule has 0 fully saturated rings. The molecule has 0 amide bonds. The molecule has 0 bridgehead atoms. The van der Waals surface area contributed by atoms with Gasteiger partial charge in [0.25, 0.3) is 0 Å². The monoisotopic (exact) mass is 269 g/mol. The van der Waals surface area contributed by atoms with Crippen LogP contribution in [0.15, 0.2) is 6.20 Å². The van der Waals surface area contributed by atoms with E-state index in [1.54, 1.807) is 10.6 Å². The number of nitriles is 1. The van der Waals surface area contributed by atoms with Crippen LogP contribution in [0.5, 0.6) is 0 Å². The molecule has 0 saturated heterocycles. The van der Waals surface area contributed by atoms with Gasteiger partial charge in [0.2, 0.25) is 0 Å². The Hall–Kier alpha value is -1.87. The van der Waals surface area contributed by atoms with Gasteiger partial charge in [-0.3, -0.25) is 4.79 Å². The van der Waals surface area contributed by atoms with Gasteiger partial charge in [-0.25, -0.2) is 4.98 Å². The topological polar surface area (TPSA) is 85.0 Å². The molecule has 0 N–H and O–H groups in total. The van der Waals surface area contributed by atoms with Gasteiger partial charge in [-0.05, 0) is 0 Å². The Labute approximate surface area is 109 Å². The fourth-order valence-corrected chi connectivity index (χ4v) is 1.63. The molecule has 0 aliphatic carbocycles. The molecule has 0 spiro atoms. The second kappa shape index (κ2) is 7.45. The van der Waals surface area contributed by atoms with E-state index >= 15 is 0 Å². The first kappa shape index (κ1) is 14.2. The number of aldehydes is 1. The van der Waals surface area contributed by atoms with E-state index in [2.05, 4.69) is 9.72 Å². The number of hydrogen-bond acceptors (Lipinski definition) is 5. The summed E-state index contributed by atoms with van der Waals surface area (Å²) < 4.78 is 6.27. The lowest BCUT2D eigenvalue weighted by Gasteiger charge is -2.07. The highest BCUT2D eigenvalue weighted by Crippen LogP contribution is 2.13. The average Bonchev–Trinajstić information content (AvgIpc) is 2.72. The summed E-state index contributed by atoms with van der Waals surface area (Å²) in [5, 5.41) is 8.66. The molecule has 18 heavy (non-hydrogen) atoms. The van der Waals surface area contributed by atoms with Crippen molar-refractivity contribution in [1.82, 2.24) is 9.55 Å². The van der Waals surface area contributed by atoms with Gasteiger partial charge in [-0.2, -0.15) is 5.26 Å². The highest BCUT2D eigenvalue weighted by atomic mass is 35.5. The summed E-state index contributed by atoms with van der Waals surface area (Å²) in [4.78, 5) is 25.6. The standard InChI is InChI=1S/C11H12ClN3O3/c12-9-8-14-10(2-1-6-16)15(9)5-3-11(17)18-7-4-13/h6,8H,1-3,5,7H2. The summed E-state index contributed by atoms with van der Waals surface area (Å²) in [6, 6.07) is 1.72. The largest absolute Gasteiger partial charge is 0.450 e. The molecule has 1 aromatic heterocycles. The maximum atomic E-state index is 11.2. The lowest BCUT2D eigenvalue weighted by atomic mass is 10.3. The first-order chi connectivity index (χ1) is 8.69. The van der Waals surface area contributed by atoms with Crippen molar-refractivity contribution in [3.8, 4) is 6.07 Å². The van der Waals surface area contributed by atoms with Crippen LogP contribution in [0.3, 0.4) is 0 Å². The number of esters is 1. The highest BCUT2D eigenvalue weighted by molar-refractivity contribution is 6.29. The van der Waals surface area contributed by atoms with Gasteiger partial charge in [0.15, 0.2) is 6.61 Å². The van der Waals surface area contributed by atoms with Crippen molar-refractivity contribution in [2.75, 3.05) is 6.61 Å². The lowest BCUT2D eigenvalue weighted by Crippen LogP contribution is -2.11. The first-order valence-electron chi connectivity index (χ1n) is 5.35. The molecular formula is C11H12ClN3O3. The molecule has 0 saturated carbocycles. The molecule has 96 valence electrons. The van der Waals surface area contributed by atoms with Crippen LogP contribution in [0.4, 0.5) is 0 Å². The maximum Gasteiger partial charge on any atom is 0.308 e. The van der Waals surface area contributed by atoms with Crippen molar-refractivity contribution in [2.45, 2.75) is 25.8 Å². The van der Waals surface area contributed by atoms with Crippen molar-refractivity contribution >= 4 is 23.9 Å². The molecule has 6 nitrogen and oxygen atoms in total. The molecule has 0 radical (unpaired) electrons. The number of halogens is 1. The zero-order chi connectivity index (χ0) is 13.4. The minimum Gasteiger partial charge on any atom is -0.450 e. The number of hydrogen-bond donors (Lipinski definition) is 0. The molecule has 0 aromatic carbocycles. The third-order valence-electron chi connectivity index (χ3n) is 2.21. The summed E-state index contributed by atoms with van der Waals surface area (Å²) in [5.74, 6) is 0.183. The highest BCUT2D eigenvalue weighted by Gasteiger charge is 2.10. The molecule has 7 heteroatoms. The summed E-state index contributed by atoms with van der Waals surface area (Å²) in [7, 11) is 0. The SMILES string of the molecule is N#CCOC(=O)CCn1c(Cl)cnc1CCC=O. The van der Waals surface area contributed by atoms with Gasteiger partial charge in [0.05, 0.1) is 12.6 Å². The van der Waals surface area contributed by atoms with E-state index in [1.807, 2.05) is 0 Å². The number of carbonyl (C=O) groups is 2. The van der Waals surface area contributed by atoms with E-state index in [0.29, 0.717) is 30.4 Å². The number of rotatable bonds is 7. The molecule has 0 atom stereocenters. The van der Waals surface area contributed by atoms with E-state index in [-0.39, 0.29) is 13.0 Å². The Morgan fingerprint density at radius 2 is 2.44 bits per heavy atom. The minimum absolute atomic E-state index is 0.103. The Bertz CT molecular complexity index is 465. The van der Waals surface area contributed by atoms with E-state index in [4.69, 9.17) is 16.9 Å². The molecular weight excluding hydrogens is 258 g/mol. The van der Waals surface area contributed by atoms with Crippen LogP contribution in [-0.4, -0.2) is 28.4 Å². The third kappa shape index (κ3) is 4.18. The van der Waals surface area contributed by atoms with Crippen LogP contribution in [0, 0.1) is 11.3 Å². The number of aryl methyl sites for hydroxylation is 1. The predicted molar refractivity (Wildman–Crippen MR) is 62.8 cm³/mol. The van der Waals surface area contributed by atoms with Crippen molar-refractivity contribution in [3.05, 3.63) is 17.2 Å². The summed E-state index contributed by atoms with van der Waals surface area (Å²) in [5.41, 5.74) is 0. The molecule has 0 aliphatic heterocycles. The van der Waals surface area contributed by atoms with Crippen LogP contribution in [0.25, 0.3) is 0 Å². The zero-order valence-electron chi connectivity index (χ0n) is 9.63. The Morgan fingerprint density at radius 3 is 3.11 bits per heavy atom. The summed E-state index contributed by atoms with van der Waals surface area (Å²) >= 11 is 5.92. The van der Waals surface area contributed by atoms with Crippen LogP contribution >= 0.6 is 11.6 Å². The normalized spacial score (nSPS) is 9.78. The smallest absolute Gasteiger partial charge is 0.308 e. The van der Waals surface area contributed by atoms with Gasteiger partial charge in [-0.1, -0.05) is 11.6 Å². The Morgan fingerprint density at radius 1 is 1.67 bits per heavy atom. The van der Waals surface area contributed by atoms with E-state index in [9.17, 15) is 9.59 Å². The minimum atomic E-state index is -0.470. The van der Waals surface area contributed by atoms with Crippen LogP contribution < -0.4 is 0 Å². The van der Waals surface area contributed by atoms with Gasteiger partial charge >= 0.3 is 5.97 Å². The van der Waals surface area contributed by atoms with E-state index < -0.39 is 5.97 Å². The van der Waals surface area contributed by atoms with Crippen molar-refractivity contribution in [3.63, 3.8) is 0 Å². The van der Waals surface area contributed by atoms with Gasteiger partial charge < -0.3 is 14.1 Å². The quantitative estimate of drug-likeness (QED) is 0.547. The van der Waals surface area contributed by atoms with Crippen molar-refractivity contribution in [1.29, 1.82) is 5.26 Å². The number of imidazole rings is 1. The van der Waals surface area contributed by atoms with Gasteiger partial charge in [-0.15, -0.1) is 0 Å². The molecule has 1 aromatic rings. The Kier molecular flexibility index (Phi) is 5.88. The van der Waals surface area contributed by atoms with Gasteiger partial charge in [0.1, 0.15) is 23.3 Å². The van der Waals surface area contributed by atoms with Crippen molar-refractivity contribution < 1.29 is 14.3 Å². The second-order valence-electron chi connectivity index (χ2n) is 3.42. The fraction of sp³-hybridized carbons (Fsp3) is 0.455. The van der Waals surface area contributed by atoms with E-state index in [0.717, 1.165) is 6.29 Å². The number of aromatic nitrogens is 2. The summed E-state index contributed by atoms with van der Waals surface area (Å²) in [6.07, 6.45) is 3.21. The maximum absolute atomic E-state index is 11.2.